The van der Waals surface area contributed by atoms with Crippen LogP contribution in [0.5, 0.6) is 0 Å². The summed E-state index contributed by atoms with van der Waals surface area (Å²) in [6, 6.07) is 19.3. The van der Waals surface area contributed by atoms with Crippen molar-refractivity contribution in [3.05, 3.63) is 124 Å². The van der Waals surface area contributed by atoms with Crippen molar-refractivity contribution in [3.8, 4) is 11.1 Å². The number of ketones is 2. The van der Waals surface area contributed by atoms with Gasteiger partial charge in [0.25, 0.3) is 0 Å². The van der Waals surface area contributed by atoms with Gasteiger partial charge in [0.15, 0.2) is 5.78 Å². The molecular weight excluding hydrogens is 1010 g/mol. The van der Waals surface area contributed by atoms with Crippen LogP contribution in [-0.2, 0) is 11.2 Å². The molecule has 0 aliphatic carbocycles. The molecule has 83 heavy (non-hydrogen) atoms. The lowest BCUT2D eigenvalue weighted by molar-refractivity contribution is -0.117. The van der Waals surface area contributed by atoms with Crippen molar-refractivity contribution in [2.45, 2.75) is 275 Å². The summed E-state index contributed by atoms with van der Waals surface area (Å²) in [6.07, 6.45) is 24.7. The summed E-state index contributed by atoms with van der Waals surface area (Å²) in [6.45, 7) is 58.9. The van der Waals surface area contributed by atoms with Gasteiger partial charge in [0, 0.05) is 73.6 Å². The number of rotatable bonds is 24. The molecule has 0 spiro atoms. The molecule has 7 heteroatoms. The lowest BCUT2D eigenvalue weighted by Crippen LogP contribution is -2.37. The number of Topliss-reactive ketones (excluding diaryl/α,β-unsaturated/α-hetero) is 2. The van der Waals surface area contributed by atoms with Crippen LogP contribution < -0.4 is 10.6 Å². The zero-order valence-corrected chi connectivity index (χ0v) is 59.6. The molecule has 4 aromatic rings. The topological polar surface area (TPSA) is 92.4 Å². The van der Waals surface area contributed by atoms with E-state index in [0.717, 1.165) is 71.5 Å². The van der Waals surface area contributed by atoms with Crippen molar-refractivity contribution in [1.82, 2.24) is 14.9 Å². The van der Waals surface area contributed by atoms with Gasteiger partial charge in [-0.1, -0.05) is 198 Å². The number of anilines is 2. The molecule has 0 radical (unpaired) electrons. The molecule has 7 nitrogen and oxygen atoms in total. The summed E-state index contributed by atoms with van der Waals surface area (Å²) < 4.78 is 0. The third kappa shape index (κ3) is 43.4. The lowest BCUT2D eigenvalue weighted by Gasteiger charge is -2.31. The molecule has 0 saturated carbocycles. The van der Waals surface area contributed by atoms with Crippen LogP contribution in [-0.4, -0.2) is 59.7 Å². The molecule has 2 aromatic carbocycles. The predicted molar refractivity (Wildman–Crippen MR) is 378 cm³/mol. The SMILES string of the molecule is C/C(=C\c1c(-c2ccc(N)nc2)ccnc1C)C(C)C.C=CC.CC.CC.CC(C)C.CCCC(CCC)CN(CCC)C(C)CC.CCCC(CCC)c1ccc(C(C)=O)cc1.CCCCC(C)=O.CCc1cc(N(C)C)c(C)cc1C. The Morgan fingerprint density at radius 1 is 0.687 bits per heavy atom. The molecule has 0 aliphatic rings. The van der Waals surface area contributed by atoms with E-state index in [2.05, 4.69) is 188 Å². The maximum Gasteiger partial charge on any atom is 0.159 e. The van der Waals surface area contributed by atoms with Gasteiger partial charge in [-0.05, 0) is 189 Å². The van der Waals surface area contributed by atoms with Crippen LogP contribution in [0, 0.1) is 38.5 Å². The first-order valence-corrected chi connectivity index (χ1v) is 32.9. The molecule has 0 aliphatic heterocycles. The smallest absolute Gasteiger partial charge is 0.159 e. The Bertz CT molecular complexity index is 2170. The van der Waals surface area contributed by atoms with Gasteiger partial charge in [0.1, 0.15) is 11.6 Å². The number of nitrogens with zero attached hydrogens (tertiary/aromatic N) is 4. The Balaban J connectivity index is -0.000000299. The fourth-order valence-corrected chi connectivity index (χ4v) is 8.82. The largest absolute Gasteiger partial charge is 0.384 e. The van der Waals surface area contributed by atoms with E-state index >= 15 is 0 Å². The third-order valence-corrected chi connectivity index (χ3v) is 13.6. The first kappa shape index (κ1) is 86.9. The monoisotopic (exact) mass is 1150 g/mol. The normalized spacial score (nSPS) is 10.7. The Morgan fingerprint density at radius 2 is 1.20 bits per heavy atom. The van der Waals surface area contributed by atoms with Crippen LogP contribution >= 0.6 is 0 Å². The average molecular weight is 1150 g/mol. The van der Waals surface area contributed by atoms with E-state index in [1.165, 1.54) is 111 Å². The standard InChI is InChI=1S/C17H21N3.C15H33N.C15H22O.C12H19N.C6H12O.C4H10.C3H6.2C2H6/c1-11(2)12(3)9-16-13(4)19-8-7-15(16)14-5-6-17(18)20-10-14;1-6-10-15(11-7-2)13-16(12-8-3)14(5)9-4;1-4-6-14(7-5-2)15-10-8-13(9-11-15)12(3)16;1-6-11-8-12(13(4)5)10(3)7-9(11)2;1-3-4-5-6(2)7;1-4(2)3;1-3-2;2*1-2/h5-11H,1-4H3,(H2,18,20);14-15H,6-13H2,1-5H3;8-11,14H,4-7H2,1-3H3;7-8H,6H2,1-5H3;3-5H2,1-2H3;4H,1-3H3;3H,1H2,2H3;2*1-2H3/b12-9+;;;;;;;;. The summed E-state index contributed by atoms with van der Waals surface area (Å²) in [5.74, 6) is 3.93. The molecule has 0 saturated heterocycles. The lowest BCUT2D eigenvalue weighted by atomic mass is 9.90. The Morgan fingerprint density at radius 3 is 1.58 bits per heavy atom. The van der Waals surface area contributed by atoms with Crippen molar-refractivity contribution < 1.29 is 9.59 Å². The number of aromatic nitrogens is 2. The fourth-order valence-electron chi connectivity index (χ4n) is 8.82. The molecule has 0 bridgehead atoms. The van der Waals surface area contributed by atoms with Gasteiger partial charge in [-0.3, -0.25) is 9.78 Å². The number of carbonyl (C=O) groups excluding carboxylic acids is 2. The third-order valence-electron chi connectivity index (χ3n) is 13.6. The second kappa shape index (κ2) is 56.3. The number of pyridine rings is 2. The summed E-state index contributed by atoms with van der Waals surface area (Å²) in [7, 11) is 4.19. The highest BCUT2D eigenvalue weighted by atomic mass is 16.1. The molecule has 2 aromatic heterocycles. The molecule has 0 amide bonds. The van der Waals surface area contributed by atoms with E-state index in [9.17, 15) is 9.59 Å². The summed E-state index contributed by atoms with van der Waals surface area (Å²) in [4.78, 5) is 34.8. The van der Waals surface area contributed by atoms with Crippen LogP contribution in [0.15, 0.2) is 85.2 Å². The second-order valence-corrected chi connectivity index (χ2v) is 22.8. The highest BCUT2D eigenvalue weighted by Crippen LogP contribution is 2.29. The number of allylic oxidation sites excluding steroid dienone is 2. The Hall–Kier alpha value is -4.88. The molecule has 476 valence electrons. The van der Waals surface area contributed by atoms with Crippen LogP contribution in [0.25, 0.3) is 17.2 Å². The first-order valence-electron chi connectivity index (χ1n) is 32.9. The van der Waals surface area contributed by atoms with E-state index in [0.29, 0.717) is 23.4 Å². The number of nitrogens with two attached hydrogens (primary N) is 1. The van der Waals surface area contributed by atoms with E-state index in [-0.39, 0.29) is 5.78 Å². The maximum absolute atomic E-state index is 11.2. The number of benzene rings is 2. The van der Waals surface area contributed by atoms with Crippen molar-refractivity contribution in [2.75, 3.05) is 37.8 Å². The van der Waals surface area contributed by atoms with Crippen LogP contribution in [0.4, 0.5) is 11.5 Å². The van der Waals surface area contributed by atoms with Gasteiger partial charge in [0.05, 0.1) is 0 Å². The predicted octanol–water partition coefficient (Wildman–Crippen LogP) is 23.0. The highest BCUT2D eigenvalue weighted by molar-refractivity contribution is 5.94. The van der Waals surface area contributed by atoms with Gasteiger partial charge in [-0.2, -0.15) is 0 Å². The van der Waals surface area contributed by atoms with Crippen molar-refractivity contribution in [1.29, 1.82) is 0 Å². The minimum Gasteiger partial charge on any atom is -0.384 e. The van der Waals surface area contributed by atoms with E-state index in [1.807, 2.05) is 84.3 Å². The molecule has 1 unspecified atom stereocenters. The highest BCUT2D eigenvalue weighted by Gasteiger charge is 2.17. The molecule has 2 N–H and O–H groups in total. The average Bonchev–Trinajstić information content (AvgIpc) is 3.53. The number of nitrogen functional groups attached to an aromatic ring is 1. The summed E-state index contributed by atoms with van der Waals surface area (Å²) in [5.41, 5.74) is 19.1. The fraction of sp³-hybridized carbons (Fsp3) is 0.632. The molecular formula is C76H135N5O2. The first-order chi connectivity index (χ1) is 39.3. The van der Waals surface area contributed by atoms with Gasteiger partial charge < -0.3 is 20.3 Å². The van der Waals surface area contributed by atoms with Gasteiger partial charge in [0.2, 0.25) is 0 Å². The number of aryl methyl sites for hydroxylation is 4. The van der Waals surface area contributed by atoms with E-state index in [4.69, 9.17) is 5.73 Å². The summed E-state index contributed by atoms with van der Waals surface area (Å²) >= 11 is 0. The van der Waals surface area contributed by atoms with Crippen molar-refractivity contribution >= 4 is 29.1 Å². The minimum absolute atomic E-state index is 0.147. The van der Waals surface area contributed by atoms with Crippen LogP contribution in [0.1, 0.15) is 286 Å². The zero-order chi connectivity index (χ0) is 65.0. The second-order valence-electron chi connectivity index (χ2n) is 22.8. The Labute approximate surface area is 517 Å². The van der Waals surface area contributed by atoms with Gasteiger partial charge >= 0.3 is 0 Å². The molecule has 0 fully saturated rings. The number of unbranched alkanes of at least 4 members (excludes halogenated alkanes) is 1. The number of carbonyl (C=O) groups is 2. The quantitative estimate of drug-likeness (QED) is 0.0552. The van der Waals surface area contributed by atoms with E-state index in [1.54, 1.807) is 19.9 Å². The van der Waals surface area contributed by atoms with Gasteiger partial charge in [-0.25, -0.2) is 4.98 Å². The summed E-state index contributed by atoms with van der Waals surface area (Å²) in [5, 5.41) is 0. The Kier molecular flexibility index (Phi) is 58.9. The van der Waals surface area contributed by atoms with Crippen molar-refractivity contribution in [3.63, 3.8) is 0 Å². The maximum atomic E-state index is 11.2. The zero-order valence-electron chi connectivity index (χ0n) is 59.6. The molecule has 2 heterocycles. The van der Waals surface area contributed by atoms with E-state index < -0.39 is 0 Å². The van der Waals surface area contributed by atoms with Crippen LogP contribution in [0.2, 0.25) is 0 Å². The van der Waals surface area contributed by atoms with Crippen molar-refractivity contribution in [2.24, 2.45) is 17.8 Å². The number of hydrogen-bond donors (Lipinski definition) is 1. The van der Waals surface area contributed by atoms with Crippen LogP contribution in [0.3, 0.4) is 0 Å². The minimum atomic E-state index is 0.147. The number of hydrogen-bond acceptors (Lipinski definition) is 7. The van der Waals surface area contributed by atoms with Gasteiger partial charge in [-0.15, -0.1) is 6.58 Å². The molecule has 4 rings (SSSR count). The molecule has 1 atom stereocenters.